The number of aromatic nitrogens is 2. The number of aryl methyl sites for hydroxylation is 1. The Bertz CT molecular complexity index is 558. The largest absolute Gasteiger partial charge is 0.392 e. The predicted molar refractivity (Wildman–Crippen MR) is 73.4 cm³/mol. The lowest BCUT2D eigenvalue weighted by molar-refractivity contribution is 0.0626. The number of aliphatic hydroxyl groups excluding tert-OH is 1. The molecule has 0 aliphatic carbocycles. The summed E-state index contributed by atoms with van der Waals surface area (Å²) in [5.41, 5.74) is 3.44. The van der Waals surface area contributed by atoms with Crippen LogP contribution in [0.4, 0.5) is 0 Å². The fraction of sp³-hybridized carbons (Fsp3) is 0.467. The second-order valence-electron chi connectivity index (χ2n) is 5.83. The first kappa shape index (κ1) is 13.0. The minimum Gasteiger partial charge on any atom is -0.392 e. The SMILES string of the molecule is Cc1nc2ccccc2nc1CC(O)C(C)(C)C. The average Bonchev–Trinajstić information content (AvgIpc) is 2.28. The summed E-state index contributed by atoms with van der Waals surface area (Å²) in [6, 6.07) is 7.82. The molecule has 0 radical (unpaired) electrons. The van der Waals surface area contributed by atoms with Crippen molar-refractivity contribution in [1.82, 2.24) is 9.97 Å². The monoisotopic (exact) mass is 244 g/mol. The first-order chi connectivity index (χ1) is 8.38. The lowest BCUT2D eigenvalue weighted by atomic mass is 9.86. The van der Waals surface area contributed by atoms with Crippen LogP contribution in [0.2, 0.25) is 0 Å². The lowest BCUT2D eigenvalue weighted by Crippen LogP contribution is -2.28. The molecular weight excluding hydrogens is 224 g/mol. The summed E-state index contributed by atoms with van der Waals surface area (Å²) in [6.07, 6.45) is 0.138. The van der Waals surface area contributed by atoms with Crippen LogP contribution < -0.4 is 0 Å². The van der Waals surface area contributed by atoms with Gasteiger partial charge in [0.15, 0.2) is 0 Å². The van der Waals surface area contributed by atoms with E-state index in [4.69, 9.17) is 0 Å². The molecule has 0 saturated heterocycles. The van der Waals surface area contributed by atoms with E-state index in [1.807, 2.05) is 52.0 Å². The molecule has 0 fully saturated rings. The maximum Gasteiger partial charge on any atom is 0.0890 e. The molecule has 3 heteroatoms. The van der Waals surface area contributed by atoms with Gasteiger partial charge < -0.3 is 5.11 Å². The number of rotatable bonds is 2. The van der Waals surface area contributed by atoms with Crippen molar-refractivity contribution in [3.05, 3.63) is 35.7 Å². The zero-order valence-electron chi connectivity index (χ0n) is 11.4. The molecular formula is C15H20N2O. The smallest absolute Gasteiger partial charge is 0.0890 e. The van der Waals surface area contributed by atoms with E-state index in [-0.39, 0.29) is 5.41 Å². The molecule has 0 aliphatic heterocycles. The third-order valence-electron chi connectivity index (χ3n) is 3.23. The van der Waals surface area contributed by atoms with E-state index in [2.05, 4.69) is 9.97 Å². The van der Waals surface area contributed by atoms with Crippen LogP contribution in [-0.2, 0) is 6.42 Å². The van der Waals surface area contributed by atoms with E-state index in [1.165, 1.54) is 0 Å². The summed E-state index contributed by atoms with van der Waals surface area (Å²) in [4.78, 5) is 9.14. The molecule has 1 unspecified atom stereocenters. The number of hydrogen-bond acceptors (Lipinski definition) is 3. The van der Waals surface area contributed by atoms with Crippen LogP contribution in [0.3, 0.4) is 0 Å². The number of benzene rings is 1. The van der Waals surface area contributed by atoms with Crippen LogP contribution >= 0.6 is 0 Å². The second kappa shape index (κ2) is 4.65. The minimum absolute atomic E-state index is 0.139. The lowest BCUT2D eigenvalue weighted by Gasteiger charge is -2.25. The van der Waals surface area contributed by atoms with Gasteiger partial charge in [0.2, 0.25) is 0 Å². The molecule has 2 rings (SSSR count). The van der Waals surface area contributed by atoms with Crippen molar-refractivity contribution in [3.63, 3.8) is 0 Å². The Morgan fingerprint density at radius 2 is 1.67 bits per heavy atom. The molecule has 0 spiro atoms. The number of aliphatic hydroxyl groups is 1. The number of para-hydroxylation sites is 2. The molecule has 96 valence electrons. The summed E-state index contributed by atoms with van der Waals surface area (Å²) in [5.74, 6) is 0. The normalized spacial score (nSPS) is 13.8. The Balaban J connectivity index is 2.36. The quantitative estimate of drug-likeness (QED) is 0.883. The fourth-order valence-electron chi connectivity index (χ4n) is 1.81. The molecule has 0 saturated carbocycles. The molecule has 3 nitrogen and oxygen atoms in total. The average molecular weight is 244 g/mol. The van der Waals surface area contributed by atoms with E-state index in [0.29, 0.717) is 6.42 Å². The van der Waals surface area contributed by atoms with Gasteiger partial charge in [0.1, 0.15) is 0 Å². The summed E-state index contributed by atoms with van der Waals surface area (Å²) >= 11 is 0. The van der Waals surface area contributed by atoms with E-state index >= 15 is 0 Å². The van der Waals surface area contributed by atoms with Gasteiger partial charge in [-0.15, -0.1) is 0 Å². The van der Waals surface area contributed by atoms with Crippen molar-refractivity contribution in [3.8, 4) is 0 Å². The van der Waals surface area contributed by atoms with Gasteiger partial charge in [0, 0.05) is 6.42 Å². The molecule has 0 bridgehead atoms. The van der Waals surface area contributed by atoms with E-state index in [0.717, 1.165) is 22.4 Å². The Kier molecular flexibility index (Phi) is 3.35. The van der Waals surface area contributed by atoms with Gasteiger partial charge in [-0.1, -0.05) is 32.9 Å². The zero-order chi connectivity index (χ0) is 13.3. The molecule has 2 aromatic rings. The van der Waals surface area contributed by atoms with Crippen LogP contribution in [-0.4, -0.2) is 21.2 Å². The fourth-order valence-corrected chi connectivity index (χ4v) is 1.81. The zero-order valence-corrected chi connectivity index (χ0v) is 11.4. The Morgan fingerprint density at radius 1 is 1.11 bits per heavy atom. The third kappa shape index (κ3) is 2.67. The van der Waals surface area contributed by atoms with Gasteiger partial charge in [-0.3, -0.25) is 0 Å². The highest BCUT2D eigenvalue weighted by molar-refractivity contribution is 5.74. The first-order valence-electron chi connectivity index (χ1n) is 6.28. The van der Waals surface area contributed by atoms with Gasteiger partial charge >= 0.3 is 0 Å². The third-order valence-corrected chi connectivity index (χ3v) is 3.23. The Morgan fingerprint density at radius 3 is 2.22 bits per heavy atom. The van der Waals surface area contributed by atoms with E-state index in [1.54, 1.807) is 0 Å². The summed E-state index contributed by atoms with van der Waals surface area (Å²) in [6.45, 7) is 8.04. The number of nitrogens with zero attached hydrogens (tertiary/aromatic N) is 2. The van der Waals surface area contributed by atoms with E-state index < -0.39 is 6.10 Å². The van der Waals surface area contributed by atoms with Crippen LogP contribution in [0.5, 0.6) is 0 Å². The predicted octanol–water partition coefficient (Wildman–Crippen LogP) is 2.89. The van der Waals surface area contributed by atoms with Crippen molar-refractivity contribution >= 4 is 11.0 Å². The maximum absolute atomic E-state index is 10.2. The van der Waals surface area contributed by atoms with Gasteiger partial charge in [-0.05, 0) is 24.5 Å². The first-order valence-corrected chi connectivity index (χ1v) is 6.28. The van der Waals surface area contributed by atoms with Crippen molar-refractivity contribution < 1.29 is 5.11 Å². The van der Waals surface area contributed by atoms with Crippen molar-refractivity contribution in [1.29, 1.82) is 0 Å². The topological polar surface area (TPSA) is 46.0 Å². The molecule has 1 aromatic carbocycles. The molecule has 1 N–H and O–H groups in total. The second-order valence-corrected chi connectivity index (χ2v) is 5.83. The van der Waals surface area contributed by atoms with Gasteiger partial charge in [-0.25, -0.2) is 9.97 Å². The highest BCUT2D eigenvalue weighted by Crippen LogP contribution is 2.23. The van der Waals surface area contributed by atoms with Gasteiger partial charge in [-0.2, -0.15) is 0 Å². The number of fused-ring (bicyclic) bond motifs is 1. The van der Waals surface area contributed by atoms with Crippen LogP contribution in [0.1, 0.15) is 32.2 Å². The van der Waals surface area contributed by atoms with Gasteiger partial charge in [0.25, 0.3) is 0 Å². The molecule has 1 atom stereocenters. The van der Waals surface area contributed by atoms with E-state index in [9.17, 15) is 5.11 Å². The number of hydrogen-bond donors (Lipinski definition) is 1. The van der Waals surface area contributed by atoms with Crippen LogP contribution in [0.25, 0.3) is 11.0 Å². The Hall–Kier alpha value is -1.48. The standard InChI is InChI=1S/C15H20N2O/c1-10-13(9-14(18)15(2,3)4)17-12-8-6-5-7-11(12)16-10/h5-8,14,18H,9H2,1-4H3. The highest BCUT2D eigenvalue weighted by Gasteiger charge is 2.23. The van der Waals surface area contributed by atoms with Crippen molar-refractivity contribution in [2.75, 3.05) is 0 Å². The molecule has 18 heavy (non-hydrogen) atoms. The molecule has 0 aliphatic rings. The van der Waals surface area contributed by atoms with Crippen molar-refractivity contribution in [2.24, 2.45) is 5.41 Å². The Labute approximate surface area is 108 Å². The van der Waals surface area contributed by atoms with Crippen molar-refractivity contribution in [2.45, 2.75) is 40.2 Å². The summed E-state index contributed by atoms with van der Waals surface area (Å²) in [7, 11) is 0. The summed E-state index contributed by atoms with van der Waals surface area (Å²) < 4.78 is 0. The molecule has 1 aromatic heterocycles. The summed E-state index contributed by atoms with van der Waals surface area (Å²) in [5, 5.41) is 10.2. The highest BCUT2D eigenvalue weighted by atomic mass is 16.3. The van der Waals surface area contributed by atoms with Gasteiger partial charge in [0.05, 0.1) is 28.5 Å². The minimum atomic E-state index is -0.410. The molecule has 0 amide bonds. The molecule has 1 heterocycles. The van der Waals surface area contributed by atoms with Crippen LogP contribution in [0, 0.1) is 12.3 Å². The van der Waals surface area contributed by atoms with Crippen LogP contribution in [0.15, 0.2) is 24.3 Å². The maximum atomic E-state index is 10.2.